The molecule has 1 unspecified atom stereocenters. The number of alkyl halides is 2. The van der Waals surface area contributed by atoms with Gasteiger partial charge in [-0.25, -0.2) is 13.8 Å². The lowest BCUT2D eigenvalue weighted by Gasteiger charge is -2.29. The molecule has 82 valence electrons. The number of hydrogen-bond donors (Lipinski definition) is 2. The first-order valence-corrected chi connectivity index (χ1v) is 5.25. The first-order chi connectivity index (χ1) is 6.91. The van der Waals surface area contributed by atoms with Crippen LogP contribution in [0.2, 0.25) is 0 Å². The first-order valence-electron chi connectivity index (χ1n) is 4.44. The number of nitrogens with two attached hydrogens (primary N) is 1. The molecule has 1 aromatic rings. The maximum atomic E-state index is 12.8. The summed E-state index contributed by atoms with van der Waals surface area (Å²) in [5, 5.41) is 10.4. The summed E-state index contributed by atoms with van der Waals surface area (Å²) in [5.74, 6) is -2.82. The number of aliphatic hydroxyl groups is 1. The number of thiazole rings is 1. The highest BCUT2D eigenvalue weighted by atomic mass is 32.1. The molecule has 0 spiro atoms. The standard InChI is InChI=1S/C9H10F2N2OS/c10-9(11)3-1-8(14,2-4-9)6-5-13-7(12)15-6/h1,3,5,14H,2,4H2,(H2,12,13). The topological polar surface area (TPSA) is 59.1 Å². The molecule has 1 heterocycles. The molecular formula is C9H10F2N2OS. The average Bonchev–Trinajstić information content (AvgIpc) is 2.59. The van der Waals surface area contributed by atoms with Crippen LogP contribution < -0.4 is 5.73 Å². The summed E-state index contributed by atoms with van der Waals surface area (Å²) in [4.78, 5) is 4.29. The van der Waals surface area contributed by atoms with E-state index >= 15 is 0 Å². The Bertz CT molecular complexity index is 405. The smallest absolute Gasteiger partial charge is 0.266 e. The van der Waals surface area contributed by atoms with Crippen molar-refractivity contribution < 1.29 is 13.9 Å². The lowest BCUT2D eigenvalue weighted by atomic mass is 9.88. The molecule has 0 fully saturated rings. The van der Waals surface area contributed by atoms with Crippen molar-refractivity contribution in [2.45, 2.75) is 24.4 Å². The number of allylic oxidation sites excluding steroid dienone is 1. The normalized spacial score (nSPS) is 29.3. The number of hydrogen-bond acceptors (Lipinski definition) is 4. The van der Waals surface area contributed by atoms with Gasteiger partial charge in [-0.3, -0.25) is 0 Å². The van der Waals surface area contributed by atoms with E-state index < -0.39 is 11.5 Å². The Balaban J connectivity index is 2.30. The fourth-order valence-corrected chi connectivity index (χ4v) is 2.26. The van der Waals surface area contributed by atoms with E-state index in [9.17, 15) is 13.9 Å². The highest BCUT2D eigenvalue weighted by Gasteiger charge is 2.39. The molecule has 0 radical (unpaired) electrons. The second-order valence-corrected chi connectivity index (χ2v) is 4.64. The molecule has 2 rings (SSSR count). The zero-order chi connectivity index (χ0) is 11.1. The predicted molar refractivity (Wildman–Crippen MR) is 53.7 cm³/mol. The fraction of sp³-hybridized carbons (Fsp3) is 0.444. The van der Waals surface area contributed by atoms with E-state index in [0.29, 0.717) is 10.0 Å². The summed E-state index contributed by atoms with van der Waals surface area (Å²) in [5.41, 5.74) is 4.09. The highest BCUT2D eigenvalue weighted by Crippen LogP contribution is 2.40. The summed E-state index contributed by atoms with van der Waals surface area (Å²) in [6, 6.07) is 0. The van der Waals surface area contributed by atoms with Gasteiger partial charge < -0.3 is 10.8 Å². The molecule has 6 heteroatoms. The summed E-state index contributed by atoms with van der Waals surface area (Å²) >= 11 is 1.11. The van der Waals surface area contributed by atoms with Gasteiger partial charge in [0.05, 0.1) is 4.88 Å². The van der Waals surface area contributed by atoms with Crippen LogP contribution in [-0.4, -0.2) is 16.0 Å². The van der Waals surface area contributed by atoms with E-state index in [1.165, 1.54) is 6.20 Å². The van der Waals surface area contributed by atoms with Gasteiger partial charge in [-0.1, -0.05) is 11.3 Å². The molecule has 1 aliphatic carbocycles. The molecule has 1 aromatic heterocycles. The van der Waals surface area contributed by atoms with Crippen LogP contribution in [-0.2, 0) is 5.60 Å². The zero-order valence-corrected chi connectivity index (χ0v) is 8.60. The van der Waals surface area contributed by atoms with Crippen LogP contribution >= 0.6 is 11.3 Å². The van der Waals surface area contributed by atoms with Crippen molar-refractivity contribution in [3.05, 3.63) is 23.2 Å². The Labute approximate surface area is 89.3 Å². The third-order valence-corrected chi connectivity index (χ3v) is 3.39. The first kappa shape index (κ1) is 10.5. The number of nitrogens with zero attached hydrogens (tertiary/aromatic N) is 1. The van der Waals surface area contributed by atoms with E-state index in [4.69, 9.17) is 5.73 Å². The largest absolute Gasteiger partial charge is 0.380 e. The molecule has 0 saturated carbocycles. The zero-order valence-electron chi connectivity index (χ0n) is 7.78. The van der Waals surface area contributed by atoms with Gasteiger partial charge in [-0.15, -0.1) is 0 Å². The summed E-state index contributed by atoms with van der Waals surface area (Å²) in [6.07, 6.45) is 2.92. The highest BCUT2D eigenvalue weighted by molar-refractivity contribution is 7.15. The van der Waals surface area contributed by atoms with Crippen molar-refractivity contribution in [3.8, 4) is 0 Å². The molecule has 0 bridgehead atoms. The molecule has 0 aromatic carbocycles. The minimum atomic E-state index is -2.82. The van der Waals surface area contributed by atoms with Crippen molar-refractivity contribution >= 4 is 16.5 Å². The van der Waals surface area contributed by atoms with Crippen LogP contribution in [0.1, 0.15) is 17.7 Å². The lowest BCUT2D eigenvalue weighted by Crippen LogP contribution is -2.30. The van der Waals surface area contributed by atoms with Gasteiger partial charge in [0.15, 0.2) is 5.13 Å². The molecule has 0 aliphatic heterocycles. The summed E-state index contributed by atoms with van der Waals surface area (Å²) in [7, 11) is 0. The van der Waals surface area contributed by atoms with Crippen LogP contribution in [0.25, 0.3) is 0 Å². The molecule has 1 atom stereocenters. The van der Waals surface area contributed by atoms with Crippen molar-refractivity contribution in [2.24, 2.45) is 0 Å². The number of rotatable bonds is 1. The van der Waals surface area contributed by atoms with Gasteiger partial charge in [0.25, 0.3) is 5.92 Å². The Morgan fingerprint density at radius 3 is 2.60 bits per heavy atom. The average molecular weight is 232 g/mol. The molecule has 15 heavy (non-hydrogen) atoms. The van der Waals surface area contributed by atoms with Gasteiger partial charge in [-0.2, -0.15) is 0 Å². The molecule has 3 nitrogen and oxygen atoms in total. The Kier molecular flexibility index (Phi) is 2.27. The number of nitrogen functional groups attached to an aromatic ring is 1. The van der Waals surface area contributed by atoms with E-state index in [1.54, 1.807) is 0 Å². The third kappa shape index (κ3) is 2.00. The van der Waals surface area contributed by atoms with E-state index in [-0.39, 0.29) is 12.8 Å². The molecule has 1 aliphatic rings. The fourth-order valence-electron chi connectivity index (χ4n) is 1.48. The van der Waals surface area contributed by atoms with Gasteiger partial charge in [0.1, 0.15) is 5.60 Å². The maximum Gasteiger partial charge on any atom is 0.266 e. The molecule has 0 amide bonds. The lowest BCUT2D eigenvalue weighted by molar-refractivity contribution is -0.0123. The van der Waals surface area contributed by atoms with Gasteiger partial charge in [0.2, 0.25) is 0 Å². The minimum Gasteiger partial charge on any atom is -0.380 e. The second-order valence-electron chi connectivity index (χ2n) is 3.58. The maximum absolute atomic E-state index is 12.8. The van der Waals surface area contributed by atoms with Crippen molar-refractivity contribution in [2.75, 3.05) is 5.73 Å². The number of halogens is 2. The predicted octanol–water partition coefficient (Wildman–Crippen LogP) is 1.90. The Hall–Kier alpha value is -1.01. The van der Waals surface area contributed by atoms with Crippen LogP contribution in [0.3, 0.4) is 0 Å². The van der Waals surface area contributed by atoms with Crippen molar-refractivity contribution in [1.29, 1.82) is 0 Å². The third-order valence-electron chi connectivity index (χ3n) is 2.39. The van der Waals surface area contributed by atoms with Crippen LogP contribution in [0.15, 0.2) is 18.3 Å². The summed E-state index contributed by atoms with van der Waals surface area (Å²) in [6.45, 7) is 0. The van der Waals surface area contributed by atoms with Crippen LogP contribution in [0, 0.1) is 0 Å². The quantitative estimate of drug-likeness (QED) is 0.727. The van der Waals surface area contributed by atoms with Crippen LogP contribution in [0.4, 0.5) is 13.9 Å². The number of aromatic nitrogens is 1. The molecule has 3 N–H and O–H groups in total. The minimum absolute atomic E-state index is 0.0157. The van der Waals surface area contributed by atoms with Gasteiger partial charge in [0, 0.05) is 12.6 Å². The molecular weight excluding hydrogens is 222 g/mol. The molecule has 0 saturated heterocycles. The van der Waals surface area contributed by atoms with Crippen molar-refractivity contribution in [1.82, 2.24) is 4.98 Å². The monoisotopic (exact) mass is 232 g/mol. The van der Waals surface area contributed by atoms with Crippen molar-refractivity contribution in [3.63, 3.8) is 0 Å². The SMILES string of the molecule is Nc1ncc(C2(O)C=CC(F)(F)CC2)s1. The Morgan fingerprint density at radius 2 is 2.13 bits per heavy atom. The summed E-state index contributed by atoms with van der Waals surface area (Å²) < 4.78 is 25.7. The second kappa shape index (κ2) is 3.24. The number of anilines is 1. The van der Waals surface area contributed by atoms with Gasteiger partial charge >= 0.3 is 0 Å². The van der Waals surface area contributed by atoms with Crippen LogP contribution in [0.5, 0.6) is 0 Å². The van der Waals surface area contributed by atoms with Gasteiger partial charge in [-0.05, 0) is 18.6 Å². The Morgan fingerprint density at radius 1 is 1.40 bits per heavy atom. The van der Waals surface area contributed by atoms with E-state index in [2.05, 4.69) is 4.98 Å². The van der Waals surface area contributed by atoms with E-state index in [1.807, 2.05) is 0 Å². The van der Waals surface area contributed by atoms with E-state index in [0.717, 1.165) is 23.5 Å².